The summed E-state index contributed by atoms with van der Waals surface area (Å²) in [4.78, 5) is 40.0. The van der Waals surface area contributed by atoms with Gasteiger partial charge in [-0.3, -0.25) is 14.4 Å². The average molecular weight is 426 g/mol. The molecule has 0 heterocycles. The summed E-state index contributed by atoms with van der Waals surface area (Å²) in [6, 6.07) is 14.2. The molecule has 2 aromatic rings. The molecule has 7 nitrogen and oxygen atoms in total. The molecule has 31 heavy (non-hydrogen) atoms. The molecule has 0 aliphatic carbocycles. The van der Waals surface area contributed by atoms with Gasteiger partial charge in [0.1, 0.15) is 5.75 Å². The third-order valence-corrected chi connectivity index (χ3v) is 4.99. The van der Waals surface area contributed by atoms with Gasteiger partial charge in [-0.2, -0.15) is 0 Å². The maximum Gasteiger partial charge on any atom is 0.253 e. The van der Waals surface area contributed by atoms with E-state index in [4.69, 9.17) is 4.74 Å². The first-order chi connectivity index (χ1) is 14.7. The number of nitrogens with zero attached hydrogens (tertiary/aromatic N) is 2. The van der Waals surface area contributed by atoms with Gasteiger partial charge in [-0.25, -0.2) is 0 Å². The van der Waals surface area contributed by atoms with Crippen LogP contribution in [-0.2, 0) is 16.1 Å². The lowest BCUT2D eigenvalue weighted by atomic mass is 10.0. The fraction of sp³-hybridized carbons (Fsp3) is 0.375. The minimum absolute atomic E-state index is 0.0624. The highest BCUT2D eigenvalue weighted by atomic mass is 16.5. The number of benzene rings is 2. The molecule has 1 N–H and O–H groups in total. The summed E-state index contributed by atoms with van der Waals surface area (Å²) in [6.07, 6.45) is 0.150. The van der Waals surface area contributed by atoms with Crippen LogP contribution in [0.4, 0.5) is 0 Å². The van der Waals surface area contributed by atoms with Crippen molar-refractivity contribution in [3.8, 4) is 5.75 Å². The first-order valence-electron chi connectivity index (χ1n) is 10.2. The first kappa shape index (κ1) is 23.9. The van der Waals surface area contributed by atoms with Crippen LogP contribution in [0.3, 0.4) is 0 Å². The number of rotatable bonds is 9. The summed E-state index contributed by atoms with van der Waals surface area (Å²) in [6.45, 7) is 4.32. The van der Waals surface area contributed by atoms with E-state index in [0.29, 0.717) is 24.4 Å². The second-order valence-electron chi connectivity index (χ2n) is 7.53. The van der Waals surface area contributed by atoms with E-state index in [2.05, 4.69) is 5.32 Å². The zero-order valence-corrected chi connectivity index (χ0v) is 18.8. The Hall–Kier alpha value is -3.35. The summed E-state index contributed by atoms with van der Waals surface area (Å²) in [5.41, 5.74) is 2.38. The highest BCUT2D eigenvalue weighted by molar-refractivity contribution is 5.93. The fourth-order valence-corrected chi connectivity index (χ4v) is 3.25. The van der Waals surface area contributed by atoms with Gasteiger partial charge in [0.05, 0.1) is 19.6 Å². The second-order valence-corrected chi connectivity index (χ2v) is 7.53. The number of methoxy groups -OCH3 is 1. The number of carbonyl (C=O) groups excluding carboxylic acids is 3. The van der Waals surface area contributed by atoms with Crippen molar-refractivity contribution in [2.75, 3.05) is 27.7 Å². The lowest BCUT2D eigenvalue weighted by Gasteiger charge is -2.25. The third kappa shape index (κ3) is 6.84. The molecule has 0 saturated carbocycles. The highest BCUT2D eigenvalue weighted by Crippen LogP contribution is 2.22. The molecule has 0 spiro atoms. The van der Waals surface area contributed by atoms with Crippen molar-refractivity contribution in [1.29, 1.82) is 0 Å². The van der Waals surface area contributed by atoms with Gasteiger partial charge in [-0.1, -0.05) is 24.3 Å². The van der Waals surface area contributed by atoms with Crippen LogP contribution in [0.2, 0.25) is 0 Å². The Bertz CT molecular complexity index is 892. The molecular weight excluding hydrogens is 394 g/mol. The molecule has 0 aromatic heterocycles. The Labute approximate surface area is 184 Å². The molecule has 0 bridgehead atoms. The summed E-state index contributed by atoms with van der Waals surface area (Å²) >= 11 is 0. The molecule has 7 heteroatoms. The number of hydrogen-bond donors (Lipinski definition) is 1. The van der Waals surface area contributed by atoms with Crippen LogP contribution in [0.25, 0.3) is 0 Å². The Morgan fingerprint density at radius 3 is 2.10 bits per heavy atom. The Morgan fingerprint density at radius 1 is 1.00 bits per heavy atom. The Kier molecular flexibility index (Phi) is 8.61. The van der Waals surface area contributed by atoms with Crippen LogP contribution < -0.4 is 10.1 Å². The van der Waals surface area contributed by atoms with E-state index >= 15 is 0 Å². The smallest absolute Gasteiger partial charge is 0.253 e. The van der Waals surface area contributed by atoms with Gasteiger partial charge in [-0.05, 0) is 42.3 Å². The predicted octanol–water partition coefficient (Wildman–Crippen LogP) is 3.01. The van der Waals surface area contributed by atoms with E-state index < -0.39 is 6.04 Å². The topological polar surface area (TPSA) is 79.0 Å². The van der Waals surface area contributed by atoms with Gasteiger partial charge in [0.2, 0.25) is 11.8 Å². The van der Waals surface area contributed by atoms with Gasteiger partial charge in [-0.15, -0.1) is 0 Å². The predicted molar refractivity (Wildman–Crippen MR) is 120 cm³/mol. The molecule has 3 amide bonds. The van der Waals surface area contributed by atoms with Gasteiger partial charge in [0.25, 0.3) is 5.91 Å². The first-order valence-corrected chi connectivity index (χ1v) is 10.2. The number of carbonyl (C=O) groups is 3. The zero-order chi connectivity index (χ0) is 23.0. The summed E-state index contributed by atoms with van der Waals surface area (Å²) in [7, 11) is 5.01. The molecule has 0 aliphatic rings. The van der Waals surface area contributed by atoms with E-state index in [1.165, 1.54) is 11.8 Å². The molecule has 0 radical (unpaired) electrons. The van der Waals surface area contributed by atoms with Crippen molar-refractivity contribution in [3.05, 3.63) is 65.2 Å². The minimum Gasteiger partial charge on any atom is -0.497 e. The molecule has 2 aromatic carbocycles. The molecule has 0 fully saturated rings. The second kappa shape index (κ2) is 11.2. The summed E-state index contributed by atoms with van der Waals surface area (Å²) in [5, 5.41) is 2.87. The third-order valence-electron chi connectivity index (χ3n) is 4.99. The molecular formula is C24H31N3O4. The van der Waals surface area contributed by atoms with Crippen molar-refractivity contribution >= 4 is 17.7 Å². The maximum absolute atomic E-state index is 13.0. The van der Waals surface area contributed by atoms with E-state index in [1.54, 1.807) is 38.2 Å². The van der Waals surface area contributed by atoms with Crippen LogP contribution in [0.15, 0.2) is 48.5 Å². The number of ether oxygens (including phenoxy) is 1. The van der Waals surface area contributed by atoms with Gasteiger partial charge < -0.3 is 19.9 Å². The summed E-state index contributed by atoms with van der Waals surface area (Å²) < 4.78 is 5.18. The molecule has 166 valence electrons. The van der Waals surface area contributed by atoms with Crippen LogP contribution >= 0.6 is 0 Å². The van der Waals surface area contributed by atoms with Crippen molar-refractivity contribution in [2.45, 2.75) is 32.9 Å². The lowest BCUT2D eigenvalue weighted by molar-refractivity contribution is -0.132. The monoisotopic (exact) mass is 425 g/mol. The van der Waals surface area contributed by atoms with Crippen LogP contribution in [0.5, 0.6) is 5.75 Å². The van der Waals surface area contributed by atoms with Crippen molar-refractivity contribution < 1.29 is 19.1 Å². The number of nitrogens with one attached hydrogen (secondary N) is 1. The molecule has 0 aliphatic heterocycles. The quantitative estimate of drug-likeness (QED) is 0.670. The number of hydrogen-bond acceptors (Lipinski definition) is 4. The molecule has 2 rings (SSSR count). The van der Waals surface area contributed by atoms with Crippen molar-refractivity contribution in [2.24, 2.45) is 0 Å². The lowest BCUT2D eigenvalue weighted by Crippen LogP contribution is -2.35. The fourth-order valence-electron chi connectivity index (χ4n) is 3.25. The van der Waals surface area contributed by atoms with Crippen LogP contribution in [0, 0.1) is 0 Å². The van der Waals surface area contributed by atoms with Gasteiger partial charge in [0.15, 0.2) is 0 Å². The van der Waals surface area contributed by atoms with Crippen molar-refractivity contribution in [3.63, 3.8) is 0 Å². The summed E-state index contributed by atoms with van der Waals surface area (Å²) in [5.74, 6) is 0.388. The van der Waals surface area contributed by atoms with Gasteiger partial charge >= 0.3 is 0 Å². The van der Waals surface area contributed by atoms with Crippen molar-refractivity contribution in [1.82, 2.24) is 15.1 Å². The molecule has 1 unspecified atom stereocenters. The van der Waals surface area contributed by atoms with E-state index in [0.717, 1.165) is 11.1 Å². The Morgan fingerprint density at radius 2 is 1.61 bits per heavy atom. The number of amides is 3. The van der Waals surface area contributed by atoms with Gasteiger partial charge in [0, 0.05) is 39.7 Å². The zero-order valence-electron chi connectivity index (χ0n) is 18.8. The van der Waals surface area contributed by atoms with E-state index in [1.807, 2.05) is 43.3 Å². The standard InChI is InChI=1S/C24H31N3O4/c1-6-27(16-18-7-9-20(10-8-18)24(30)26(3)4)23(29)15-22(25-17(2)28)19-11-13-21(31-5)14-12-19/h7-14,22H,6,15-16H2,1-5H3,(H,25,28). The average Bonchev–Trinajstić information content (AvgIpc) is 2.76. The molecule has 1 atom stereocenters. The minimum atomic E-state index is -0.426. The van der Waals surface area contributed by atoms with E-state index in [9.17, 15) is 14.4 Å². The largest absolute Gasteiger partial charge is 0.497 e. The normalized spacial score (nSPS) is 11.4. The van der Waals surface area contributed by atoms with E-state index in [-0.39, 0.29) is 24.1 Å². The Balaban J connectivity index is 2.11. The van der Waals surface area contributed by atoms with Crippen LogP contribution in [0.1, 0.15) is 47.8 Å². The highest BCUT2D eigenvalue weighted by Gasteiger charge is 2.21. The SMILES string of the molecule is CCN(Cc1ccc(C(=O)N(C)C)cc1)C(=O)CC(NC(C)=O)c1ccc(OC)cc1. The maximum atomic E-state index is 13.0. The molecule has 0 saturated heterocycles. The van der Waals surface area contributed by atoms with Crippen LogP contribution in [-0.4, -0.2) is 55.3 Å².